The highest BCUT2D eigenvalue weighted by Crippen LogP contribution is 2.28. The quantitative estimate of drug-likeness (QED) is 0.819. The van der Waals surface area contributed by atoms with Crippen LogP contribution in [0.3, 0.4) is 0 Å². The molecule has 0 aliphatic heterocycles. The van der Waals surface area contributed by atoms with Crippen molar-refractivity contribution in [3.8, 4) is 0 Å². The van der Waals surface area contributed by atoms with Gasteiger partial charge in [-0.3, -0.25) is 9.78 Å². The van der Waals surface area contributed by atoms with Crippen molar-refractivity contribution in [1.29, 1.82) is 0 Å². The molecule has 100 valence electrons. The number of carbonyl (C=O) groups excluding carboxylic acids is 1. The standard InChI is InChI=1S/C12H16F2N2O2/c1-3-18-10(17)4-8-6-16-7(2)9(5-15)11(8)12(13)14/h6,12H,3-5,15H2,1-2H3. The molecule has 0 atom stereocenters. The van der Waals surface area contributed by atoms with Crippen molar-refractivity contribution < 1.29 is 18.3 Å². The van der Waals surface area contributed by atoms with Gasteiger partial charge in [-0.15, -0.1) is 0 Å². The van der Waals surface area contributed by atoms with E-state index in [-0.39, 0.29) is 30.7 Å². The van der Waals surface area contributed by atoms with Gasteiger partial charge in [-0.25, -0.2) is 8.78 Å². The number of halogens is 2. The number of carbonyl (C=O) groups is 1. The normalized spacial score (nSPS) is 10.8. The molecule has 0 saturated carbocycles. The van der Waals surface area contributed by atoms with Gasteiger partial charge in [0.2, 0.25) is 0 Å². The molecule has 0 spiro atoms. The highest BCUT2D eigenvalue weighted by Gasteiger charge is 2.21. The average molecular weight is 258 g/mol. The molecule has 0 aromatic carbocycles. The van der Waals surface area contributed by atoms with E-state index in [4.69, 9.17) is 10.5 Å². The Morgan fingerprint density at radius 3 is 2.72 bits per heavy atom. The van der Waals surface area contributed by atoms with Crippen molar-refractivity contribution in [2.45, 2.75) is 33.2 Å². The summed E-state index contributed by atoms with van der Waals surface area (Å²) in [5, 5.41) is 0. The van der Waals surface area contributed by atoms with Crippen LogP contribution in [0.5, 0.6) is 0 Å². The molecule has 0 radical (unpaired) electrons. The number of pyridine rings is 1. The minimum absolute atomic E-state index is 0.0326. The Morgan fingerprint density at radius 2 is 2.22 bits per heavy atom. The van der Waals surface area contributed by atoms with Gasteiger partial charge < -0.3 is 10.5 Å². The fourth-order valence-electron chi connectivity index (χ4n) is 1.75. The van der Waals surface area contributed by atoms with E-state index in [0.29, 0.717) is 11.3 Å². The Morgan fingerprint density at radius 1 is 1.56 bits per heavy atom. The Hall–Kier alpha value is -1.56. The summed E-state index contributed by atoms with van der Waals surface area (Å²) in [5.41, 5.74) is 6.19. The zero-order valence-electron chi connectivity index (χ0n) is 10.4. The summed E-state index contributed by atoms with van der Waals surface area (Å²) in [6.07, 6.45) is -1.62. The van der Waals surface area contributed by atoms with Crippen LogP contribution in [-0.4, -0.2) is 17.6 Å². The van der Waals surface area contributed by atoms with Crippen molar-refractivity contribution in [3.63, 3.8) is 0 Å². The lowest BCUT2D eigenvalue weighted by Crippen LogP contribution is -2.14. The zero-order valence-corrected chi connectivity index (χ0v) is 10.4. The van der Waals surface area contributed by atoms with Crippen LogP contribution in [0.15, 0.2) is 6.20 Å². The van der Waals surface area contributed by atoms with Gasteiger partial charge in [0.15, 0.2) is 0 Å². The third-order valence-electron chi connectivity index (χ3n) is 2.58. The van der Waals surface area contributed by atoms with E-state index in [9.17, 15) is 13.6 Å². The van der Waals surface area contributed by atoms with Crippen LogP contribution < -0.4 is 5.73 Å². The van der Waals surface area contributed by atoms with Gasteiger partial charge in [0, 0.05) is 24.0 Å². The first-order valence-corrected chi connectivity index (χ1v) is 5.62. The summed E-state index contributed by atoms with van der Waals surface area (Å²) >= 11 is 0. The van der Waals surface area contributed by atoms with Crippen LogP contribution in [0.2, 0.25) is 0 Å². The van der Waals surface area contributed by atoms with Gasteiger partial charge >= 0.3 is 5.97 Å². The van der Waals surface area contributed by atoms with Gasteiger partial charge in [0.25, 0.3) is 6.43 Å². The monoisotopic (exact) mass is 258 g/mol. The van der Waals surface area contributed by atoms with Gasteiger partial charge in [-0.05, 0) is 25.0 Å². The molecule has 18 heavy (non-hydrogen) atoms. The van der Waals surface area contributed by atoms with Crippen LogP contribution in [0.1, 0.15) is 35.7 Å². The largest absolute Gasteiger partial charge is 0.466 e. The van der Waals surface area contributed by atoms with Crippen molar-refractivity contribution in [2.75, 3.05) is 6.61 Å². The topological polar surface area (TPSA) is 65.2 Å². The van der Waals surface area contributed by atoms with Gasteiger partial charge in [-0.2, -0.15) is 0 Å². The van der Waals surface area contributed by atoms with E-state index >= 15 is 0 Å². The third-order valence-corrected chi connectivity index (χ3v) is 2.58. The Bertz CT molecular complexity index is 436. The van der Waals surface area contributed by atoms with Crippen LogP contribution >= 0.6 is 0 Å². The minimum Gasteiger partial charge on any atom is -0.466 e. The van der Waals surface area contributed by atoms with E-state index in [0.717, 1.165) is 0 Å². The summed E-state index contributed by atoms with van der Waals surface area (Å²) in [5.74, 6) is -0.548. The molecule has 0 amide bonds. The number of alkyl halides is 2. The Labute approximate surface area is 104 Å². The minimum atomic E-state index is -2.69. The lowest BCUT2D eigenvalue weighted by Gasteiger charge is -2.14. The molecule has 0 fully saturated rings. The number of hydrogen-bond donors (Lipinski definition) is 1. The number of ether oxygens (including phenoxy) is 1. The Kier molecular flexibility index (Phi) is 5.15. The maximum Gasteiger partial charge on any atom is 0.310 e. The van der Waals surface area contributed by atoms with Gasteiger partial charge in [0.1, 0.15) is 0 Å². The van der Waals surface area contributed by atoms with Crippen molar-refractivity contribution in [3.05, 3.63) is 28.6 Å². The maximum absolute atomic E-state index is 13.1. The average Bonchev–Trinajstić information content (AvgIpc) is 2.30. The lowest BCUT2D eigenvalue weighted by molar-refractivity contribution is -0.142. The predicted octanol–water partition coefficient (Wildman–Crippen LogP) is 1.89. The van der Waals surface area contributed by atoms with Gasteiger partial charge in [0.05, 0.1) is 13.0 Å². The number of hydrogen-bond acceptors (Lipinski definition) is 4. The first-order valence-electron chi connectivity index (χ1n) is 5.62. The maximum atomic E-state index is 13.1. The first kappa shape index (κ1) is 14.5. The van der Waals surface area contributed by atoms with Crippen molar-refractivity contribution in [2.24, 2.45) is 5.73 Å². The van der Waals surface area contributed by atoms with Crippen molar-refractivity contribution >= 4 is 5.97 Å². The van der Waals surface area contributed by atoms with Crippen LogP contribution in [0, 0.1) is 6.92 Å². The molecule has 0 aliphatic rings. The zero-order chi connectivity index (χ0) is 13.7. The van der Waals surface area contributed by atoms with Crippen LogP contribution in [-0.2, 0) is 22.5 Å². The summed E-state index contributed by atoms with van der Waals surface area (Å²) in [6.45, 7) is 3.45. The molecule has 1 aromatic heterocycles. The third kappa shape index (κ3) is 3.22. The predicted molar refractivity (Wildman–Crippen MR) is 62.2 cm³/mol. The highest BCUT2D eigenvalue weighted by atomic mass is 19.3. The smallest absolute Gasteiger partial charge is 0.310 e. The van der Waals surface area contributed by atoms with E-state index in [2.05, 4.69) is 4.98 Å². The fourth-order valence-corrected chi connectivity index (χ4v) is 1.75. The van der Waals surface area contributed by atoms with Crippen LogP contribution in [0.25, 0.3) is 0 Å². The molecule has 1 heterocycles. The number of nitrogens with two attached hydrogens (primary N) is 1. The summed E-state index contributed by atoms with van der Waals surface area (Å²) in [6, 6.07) is 0. The van der Waals surface area contributed by atoms with Crippen LogP contribution in [0.4, 0.5) is 8.78 Å². The van der Waals surface area contributed by atoms with E-state index in [1.165, 1.54) is 6.20 Å². The second-order valence-corrected chi connectivity index (χ2v) is 3.75. The second-order valence-electron chi connectivity index (χ2n) is 3.75. The molecular formula is C12H16F2N2O2. The molecular weight excluding hydrogens is 242 g/mol. The van der Waals surface area contributed by atoms with Crippen molar-refractivity contribution in [1.82, 2.24) is 4.98 Å². The number of aromatic nitrogens is 1. The highest BCUT2D eigenvalue weighted by molar-refractivity contribution is 5.73. The molecule has 0 bridgehead atoms. The molecule has 4 nitrogen and oxygen atoms in total. The summed E-state index contributed by atoms with van der Waals surface area (Å²) in [7, 11) is 0. The summed E-state index contributed by atoms with van der Waals surface area (Å²) in [4.78, 5) is 15.3. The fraction of sp³-hybridized carbons (Fsp3) is 0.500. The van der Waals surface area contributed by atoms with E-state index in [1.807, 2.05) is 0 Å². The van der Waals surface area contributed by atoms with Gasteiger partial charge in [-0.1, -0.05) is 0 Å². The Balaban J connectivity index is 3.15. The van der Waals surface area contributed by atoms with E-state index < -0.39 is 12.4 Å². The second kappa shape index (κ2) is 6.39. The molecule has 0 aliphatic carbocycles. The number of nitrogens with zero attached hydrogens (tertiary/aromatic N) is 1. The first-order chi connectivity index (χ1) is 8.51. The molecule has 6 heteroatoms. The summed E-state index contributed by atoms with van der Waals surface area (Å²) < 4.78 is 30.9. The number of rotatable bonds is 5. The molecule has 2 N–H and O–H groups in total. The molecule has 1 aromatic rings. The molecule has 1 rings (SSSR count). The number of aryl methyl sites for hydroxylation is 1. The SMILES string of the molecule is CCOC(=O)Cc1cnc(C)c(CN)c1C(F)F. The van der Waals surface area contributed by atoms with E-state index in [1.54, 1.807) is 13.8 Å². The molecule has 0 saturated heterocycles. The lowest BCUT2D eigenvalue weighted by atomic mass is 10.00. The number of esters is 1. The molecule has 0 unspecified atom stereocenters.